The van der Waals surface area contributed by atoms with Crippen LogP contribution >= 0.6 is 15.8 Å². The molecule has 0 aliphatic heterocycles. The molecule has 268 valence electrons. The smallest absolute Gasteiger partial charge is 0.0717 e. The third-order valence-electron chi connectivity index (χ3n) is 11.0. The summed E-state index contributed by atoms with van der Waals surface area (Å²) in [5.41, 5.74) is 2.92. The first kappa shape index (κ1) is 36.8. The van der Waals surface area contributed by atoms with E-state index in [1.54, 1.807) is 5.20 Å². The third kappa shape index (κ3) is 6.63. The van der Waals surface area contributed by atoms with Crippen LogP contribution in [0, 0.1) is 0 Å². The van der Waals surface area contributed by atoms with Crippen molar-refractivity contribution < 1.29 is 0 Å². The largest absolute Gasteiger partial charge is 0.0784 e. The lowest BCUT2D eigenvalue weighted by atomic mass is 9.89. The van der Waals surface area contributed by atoms with Crippen molar-refractivity contribution >= 4 is 79.9 Å². The van der Waals surface area contributed by atoms with Crippen LogP contribution in [0.5, 0.6) is 0 Å². The summed E-state index contributed by atoms with van der Waals surface area (Å²) in [5, 5.41) is 14.7. The number of benzene rings is 7. The molecule has 0 spiro atoms. The molecule has 8 rings (SSSR count). The molecule has 0 fully saturated rings. The van der Waals surface area contributed by atoms with Crippen LogP contribution in [0.3, 0.4) is 0 Å². The highest BCUT2D eigenvalue weighted by Gasteiger charge is 2.54. The maximum atomic E-state index is 2.58. The van der Waals surface area contributed by atoms with Crippen LogP contribution < -0.4 is 36.8 Å². The van der Waals surface area contributed by atoms with Crippen LogP contribution in [0.15, 0.2) is 182 Å². The second-order valence-corrected chi connectivity index (χ2v) is 32.0. The molecule has 0 heterocycles. The van der Waals surface area contributed by atoms with E-state index in [0.717, 1.165) is 6.42 Å². The van der Waals surface area contributed by atoms with Gasteiger partial charge in [-0.15, -0.1) is 0 Å². The average Bonchev–Trinajstić information content (AvgIpc) is 3.18. The summed E-state index contributed by atoms with van der Waals surface area (Å²) in [4.78, 5) is -0.302. The molecule has 0 amide bonds. The lowest BCUT2D eigenvalue weighted by molar-refractivity contribution is 0.995. The van der Waals surface area contributed by atoms with E-state index >= 15 is 0 Å². The second-order valence-electron chi connectivity index (χ2n) is 16.6. The monoisotopic (exact) mass is 768 g/mol. The molecular weight excluding hydrogens is 719 g/mol. The zero-order chi connectivity index (χ0) is 37.5. The molecule has 0 nitrogen and oxygen atoms in total. The maximum absolute atomic E-state index is 2.58. The highest BCUT2D eigenvalue weighted by Crippen LogP contribution is 2.73. The SMILES string of the molecule is C[Si](C)(C)C1=c2ccccc2=C(c2ccc([Si](C)(C)C)c3ccccc23)C(P(c2ccccc2)c2ccccc2)(P(c2ccccc2)c2ccccc2)C1. The normalized spacial score (nSPS) is 14.4. The van der Waals surface area contributed by atoms with E-state index in [-0.39, 0.29) is 4.90 Å². The van der Waals surface area contributed by atoms with E-state index in [1.165, 1.54) is 58.8 Å². The summed E-state index contributed by atoms with van der Waals surface area (Å²) >= 11 is 0. The van der Waals surface area contributed by atoms with Gasteiger partial charge in [0.15, 0.2) is 0 Å². The molecule has 1 aliphatic rings. The van der Waals surface area contributed by atoms with Crippen molar-refractivity contribution in [1.29, 1.82) is 0 Å². The Bertz CT molecular complexity index is 2370. The molecular formula is C50H50P2Si2. The molecule has 0 N–H and O–H groups in total. The van der Waals surface area contributed by atoms with Gasteiger partial charge in [0.05, 0.1) is 21.0 Å². The molecule has 54 heavy (non-hydrogen) atoms. The summed E-state index contributed by atoms with van der Waals surface area (Å²) in [6.45, 7) is 15.2. The van der Waals surface area contributed by atoms with Gasteiger partial charge < -0.3 is 0 Å². The Balaban J connectivity index is 1.67. The first-order valence-electron chi connectivity index (χ1n) is 19.3. The quantitative estimate of drug-likeness (QED) is 0.101. The molecule has 0 saturated carbocycles. The van der Waals surface area contributed by atoms with Crippen molar-refractivity contribution in [3.8, 4) is 0 Å². The van der Waals surface area contributed by atoms with Crippen molar-refractivity contribution in [1.82, 2.24) is 0 Å². The molecule has 0 atom stereocenters. The first-order valence-corrected chi connectivity index (χ1v) is 28.9. The van der Waals surface area contributed by atoms with Crippen LogP contribution in [0.1, 0.15) is 12.0 Å². The summed E-state index contributed by atoms with van der Waals surface area (Å²) in [5.74, 6) is 0. The molecule has 4 heteroatoms. The van der Waals surface area contributed by atoms with Gasteiger partial charge >= 0.3 is 0 Å². The van der Waals surface area contributed by atoms with Gasteiger partial charge in [-0.2, -0.15) is 0 Å². The van der Waals surface area contributed by atoms with Crippen LogP contribution in [-0.4, -0.2) is 21.0 Å². The van der Waals surface area contributed by atoms with Crippen molar-refractivity contribution in [3.05, 3.63) is 198 Å². The molecule has 7 aromatic rings. The fourth-order valence-corrected chi connectivity index (χ4v) is 20.4. The number of fused-ring (bicyclic) bond motifs is 2. The predicted octanol–water partition coefficient (Wildman–Crippen LogP) is 9.98. The van der Waals surface area contributed by atoms with Crippen molar-refractivity contribution in [2.45, 2.75) is 50.6 Å². The maximum Gasteiger partial charge on any atom is 0.0784 e. The Labute approximate surface area is 326 Å². The zero-order valence-corrected chi connectivity index (χ0v) is 36.2. The van der Waals surface area contributed by atoms with E-state index in [9.17, 15) is 0 Å². The second kappa shape index (κ2) is 14.8. The molecule has 0 bridgehead atoms. The van der Waals surface area contributed by atoms with E-state index in [1.807, 2.05) is 0 Å². The average molecular weight is 769 g/mol. The third-order valence-corrected chi connectivity index (χ3v) is 22.1. The summed E-state index contributed by atoms with van der Waals surface area (Å²) in [6.07, 6.45) is 1.02. The Morgan fingerprint density at radius 1 is 0.389 bits per heavy atom. The van der Waals surface area contributed by atoms with Gasteiger partial charge in [-0.05, 0) is 75.8 Å². The van der Waals surface area contributed by atoms with Crippen molar-refractivity contribution in [2.75, 3.05) is 0 Å². The minimum atomic E-state index is -1.88. The van der Waals surface area contributed by atoms with Gasteiger partial charge in [-0.1, -0.05) is 232 Å². The molecule has 7 aromatic carbocycles. The summed E-state index contributed by atoms with van der Waals surface area (Å²) < 4.78 is 0. The van der Waals surface area contributed by atoms with Gasteiger partial charge in [-0.3, -0.25) is 0 Å². The Hall–Kier alpha value is -4.17. The minimum Gasteiger partial charge on any atom is -0.0717 e. The fourth-order valence-electron chi connectivity index (χ4n) is 8.75. The van der Waals surface area contributed by atoms with Crippen LogP contribution in [0.2, 0.25) is 39.3 Å². The van der Waals surface area contributed by atoms with E-state index in [0.29, 0.717) is 0 Å². The Kier molecular flexibility index (Phi) is 10.1. The van der Waals surface area contributed by atoms with Gasteiger partial charge in [0, 0.05) is 0 Å². The molecule has 0 unspecified atom stereocenters. The topological polar surface area (TPSA) is 0 Å². The van der Waals surface area contributed by atoms with Crippen LogP contribution in [0.25, 0.3) is 21.5 Å². The molecule has 1 aliphatic carbocycles. The zero-order valence-electron chi connectivity index (χ0n) is 32.4. The number of hydrogen-bond donors (Lipinski definition) is 0. The van der Waals surface area contributed by atoms with Crippen molar-refractivity contribution in [3.63, 3.8) is 0 Å². The molecule has 0 radical (unpaired) electrons. The summed E-state index contributed by atoms with van der Waals surface area (Å²) in [6, 6.07) is 70.3. The number of hydrogen-bond acceptors (Lipinski definition) is 0. The lowest BCUT2D eigenvalue weighted by Crippen LogP contribution is -2.52. The standard InChI is InChI=1S/C50H50P2Si2/c1-53(2,3)47-36-35-46(42-31-19-20-32-43(42)47)49-45-34-22-21-33-44(45)48(54(4,5)6)37-50(49,51(38-23-11-7-12-24-38)39-25-13-8-14-26-39)52(40-27-15-9-16-28-40)41-29-17-10-18-30-41/h7-36H,37H2,1-6H3. The van der Waals surface area contributed by atoms with Gasteiger partial charge in [0.1, 0.15) is 0 Å². The van der Waals surface area contributed by atoms with Gasteiger partial charge in [0.25, 0.3) is 0 Å². The minimum absolute atomic E-state index is 0.302. The molecule has 0 saturated heterocycles. The van der Waals surface area contributed by atoms with E-state index < -0.39 is 32.0 Å². The predicted molar refractivity (Wildman–Crippen MR) is 247 cm³/mol. The highest BCUT2D eigenvalue weighted by atomic mass is 31.2. The van der Waals surface area contributed by atoms with Crippen LogP contribution in [0.4, 0.5) is 0 Å². The Morgan fingerprint density at radius 2 is 0.778 bits per heavy atom. The van der Waals surface area contributed by atoms with E-state index in [2.05, 4.69) is 221 Å². The highest BCUT2D eigenvalue weighted by molar-refractivity contribution is 7.91. The Morgan fingerprint density at radius 3 is 1.20 bits per heavy atom. The van der Waals surface area contributed by atoms with Gasteiger partial charge in [-0.25, -0.2) is 0 Å². The van der Waals surface area contributed by atoms with Gasteiger partial charge in [0.2, 0.25) is 0 Å². The first-order chi connectivity index (χ1) is 26.1. The molecule has 0 aromatic heterocycles. The summed E-state index contributed by atoms with van der Waals surface area (Å²) in [7, 11) is -5.52. The fraction of sp³-hybridized carbons (Fsp3) is 0.160. The lowest BCUT2D eigenvalue weighted by Gasteiger charge is -2.52. The van der Waals surface area contributed by atoms with E-state index in [4.69, 9.17) is 0 Å². The van der Waals surface area contributed by atoms with Crippen LogP contribution in [-0.2, 0) is 0 Å². The number of rotatable bonds is 9. The van der Waals surface area contributed by atoms with Crippen molar-refractivity contribution in [2.24, 2.45) is 0 Å².